The lowest BCUT2D eigenvalue weighted by Gasteiger charge is -2.40. The third kappa shape index (κ3) is 4.96. The Balaban J connectivity index is 1.69. The molecular formula is C26H27NO3. The number of cyclic esters (lactones) is 1. The number of esters is 1. The maximum atomic E-state index is 12.0. The van der Waals surface area contributed by atoms with E-state index in [1.165, 1.54) is 11.1 Å². The Morgan fingerprint density at radius 3 is 1.70 bits per heavy atom. The fourth-order valence-corrected chi connectivity index (χ4v) is 4.18. The summed E-state index contributed by atoms with van der Waals surface area (Å²) in [7, 11) is 0. The molecule has 154 valence electrons. The van der Waals surface area contributed by atoms with Gasteiger partial charge in [-0.15, -0.1) is 0 Å². The Morgan fingerprint density at radius 2 is 1.27 bits per heavy atom. The molecule has 4 rings (SSSR count). The molecule has 1 N–H and O–H groups in total. The minimum atomic E-state index is -1.23. The van der Waals surface area contributed by atoms with E-state index in [1.54, 1.807) is 0 Å². The molecule has 0 aliphatic carbocycles. The molecule has 0 saturated carbocycles. The van der Waals surface area contributed by atoms with Crippen LogP contribution >= 0.6 is 0 Å². The molecule has 0 aromatic heterocycles. The van der Waals surface area contributed by atoms with Gasteiger partial charge in [0.05, 0.1) is 6.42 Å². The van der Waals surface area contributed by atoms with Crippen molar-refractivity contribution in [3.63, 3.8) is 0 Å². The second kappa shape index (κ2) is 9.24. The van der Waals surface area contributed by atoms with Crippen LogP contribution in [0.15, 0.2) is 91.0 Å². The van der Waals surface area contributed by atoms with E-state index >= 15 is 0 Å². The summed E-state index contributed by atoms with van der Waals surface area (Å²) in [4.78, 5) is 14.2. The van der Waals surface area contributed by atoms with Crippen molar-refractivity contribution in [3.8, 4) is 0 Å². The van der Waals surface area contributed by atoms with Crippen LogP contribution in [0.25, 0.3) is 0 Å². The third-order valence-electron chi connectivity index (χ3n) is 5.72. The predicted octanol–water partition coefficient (Wildman–Crippen LogP) is 3.98. The molecule has 1 saturated heterocycles. The number of aliphatic hydroxyl groups is 1. The van der Waals surface area contributed by atoms with E-state index in [-0.39, 0.29) is 25.0 Å². The zero-order valence-corrected chi connectivity index (χ0v) is 17.0. The van der Waals surface area contributed by atoms with Crippen LogP contribution in [-0.4, -0.2) is 34.2 Å². The number of hydrogen-bond acceptors (Lipinski definition) is 4. The summed E-state index contributed by atoms with van der Waals surface area (Å²) >= 11 is 0. The number of rotatable bonds is 8. The Kier molecular flexibility index (Phi) is 6.26. The summed E-state index contributed by atoms with van der Waals surface area (Å²) < 4.78 is 5.22. The molecule has 2 atom stereocenters. The first-order chi connectivity index (χ1) is 14.6. The van der Waals surface area contributed by atoms with Crippen molar-refractivity contribution < 1.29 is 14.6 Å². The van der Waals surface area contributed by atoms with Gasteiger partial charge in [-0.3, -0.25) is 9.69 Å². The first-order valence-corrected chi connectivity index (χ1v) is 10.4. The lowest BCUT2D eigenvalue weighted by Crippen LogP contribution is -2.54. The fourth-order valence-electron chi connectivity index (χ4n) is 4.18. The van der Waals surface area contributed by atoms with Crippen LogP contribution < -0.4 is 0 Å². The first-order valence-electron chi connectivity index (χ1n) is 10.4. The van der Waals surface area contributed by atoms with Gasteiger partial charge >= 0.3 is 5.97 Å². The molecule has 0 radical (unpaired) electrons. The largest absolute Gasteiger partial charge is 0.462 e. The lowest BCUT2D eigenvalue weighted by atomic mass is 9.86. The highest BCUT2D eigenvalue weighted by molar-refractivity contribution is 5.73. The van der Waals surface area contributed by atoms with Crippen LogP contribution in [-0.2, 0) is 29.0 Å². The fraction of sp³-hybridized carbons (Fsp3) is 0.269. The average molecular weight is 402 g/mol. The lowest BCUT2D eigenvalue weighted by molar-refractivity contribution is -0.137. The Bertz CT molecular complexity index is 904. The smallest absolute Gasteiger partial charge is 0.309 e. The quantitative estimate of drug-likeness (QED) is 0.580. The molecule has 30 heavy (non-hydrogen) atoms. The van der Waals surface area contributed by atoms with Gasteiger partial charge in [-0.25, -0.2) is 0 Å². The number of ether oxygens (including phenoxy) is 1. The van der Waals surface area contributed by atoms with Gasteiger partial charge in [-0.05, 0) is 23.1 Å². The molecule has 0 unspecified atom stereocenters. The van der Waals surface area contributed by atoms with Crippen LogP contribution in [0, 0.1) is 0 Å². The molecule has 1 fully saturated rings. The van der Waals surface area contributed by atoms with E-state index in [2.05, 4.69) is 41.3 Å². The summed E-state index contributed by atoms with van der Waals surface area (Å²) in [6.45, 7) is 1.37. The summed E-state index contributed by atoms with van der Waals surface area (Å²) in [5.74, 6) is -0.338. The number of carbonyl (C=O) groups excluding carboxylic acids is 1. The summed E-state index contributed by atoms with van der Waals surface area (Å²) in [5, 5.41) is 11.5. The van der Waals surface area contributed by atoms with Crippen LogP contribution in [0.2, 0.25) is 0 Å². The maximum Gasteiger partial charge on any atom is 0.309 e. The topological polar surface area (TPSA) is 49.8 Å². The highest BCUT2D eigenvalue weighted by atomic mass is 16.6. The molecule has 0 amide bonds. The molecule has 4 nitrogen and oxygen atoms in total. The van der Waals surface area contributed by atoms with Crippen LogP contribution in [0.1, 0.15) is 23.1 Å². The van der Waals surface area contributed by atoms with Crippen molar-refractivity contribution in [1.82, 2.24) is 4.90 Å². The van der Waals surface area contributed by atoms with E-state index in [9.17, 15) is 9.90 Å². The van der Waals surface area contributed by atoms with Gasteiger partial charge in [0.15, 0.2) is 0 Å². The van der Waals surface area contributed by atoms with Gasteiger partial charge in [-0.2, -0.15) is 0 Å². The zero-order chi connectivity index (χ0) is 20.8. The average Bonchev–Trinajstić information content (AvgIpc) is 3.13. The Hall–Kier alpha value is -2.95. The van der Waals surface area contributed by atoms with E-state index < -0.39 is 5.60 Å². The van der Waals surface area contributed by atoms with E-state index in [0.717, 1.165) is 5.56 Å². The van der Waals surface area contributed by atoms with E-state index in [1.807, 2.05) is 54.6 Å². The van der Waals surface area contributed by atoms with Crippen molar-refractivity contribution in [2.24, 2.45) is 0 Å². The van der Waals surface area contributed by atoms with Gasteiger partial charge in [0.25, 0.3) is 0 Å². The van der Waals surface area contributed by atoms with Gasteiger partial charge in [0, 0.05) is 19.1 Å². The minimum Gasteiger partial charge on any atom is -0.462 e. The van der Waals surface area contributed by atoms with Gasteiger partial charge in [0.1, 0.15) is 12.2 Å². The molecule has 1 heterocycles. The van der Waals surface area contributed by atoms with Crippen molar-refractivity contribution in [2.75, 3.05) is 6.61 Å². The third-order valence-corrected chi connectivity index (χ3v) is 5.72. The van der Waals surface area contributed by atoms with Gasteiger partial charge in [-0.1, -0.05) is 91.0 Å². The number of carbonyl (C=O) groups is 1. The molecule has 1 aliphatic rings. The monoisotopic (exact) mass is 401 g/mol. The molecule has 4 heteroatoms. The number of hydrogen-bond donors (Lipinski definition) is 1. The van der Waals surface area contributed by atoms with E-state index in [4.69, 9.17) is 4.74 Å². The van der Waals surface area contributed by atoms with Crippen LogP contribution in [0.4, 0.5) is 0 Å². The minimum absolute atomic E-state index is 0.0184. The van der Waals surface area contributed by atoms with Gasteiger partial charge in [0.2, 0.25) is 0 Å². The Labute approximate surface area is 177 Å². The Morgan fingerprint density at radius 1 is 0.800 bits per heavy atom. The maximum absolute atomic E-state index is 12.0. The SMILES string of the molecule is O=C1C[C@@](O)([C@H](Cc2ccccc2)N(Cc2ccccc2)Cc2ccccc2)CO1. The van der Waals surface area contributed by atoms with Crippen LogP contribution in [0.3, 0.4) is 0 Å². The molecular weight excluding hydrogens is 374 g/mol. The van der Waals surface area contributed by atoms with Crippen LogP contribution in [0.5, 0.6) is 0 Å². The predicted molar refractivity (Wildman–Crippen MR) is 117 cm³/mol. The van der Waals surface area contributed by atoms with Crippen molar-refractivity contribution in [1.29, 1.82) is 0 Å². The molecule has 1 aliphatic heterocycles. The second-order valence-electron chi connectivity index (χ2n) is 8.02. The zero-order valence-electron chi connectivity index (χ0n) is 17.0. The summed E-state index contributed by atoms with van der Waals surface area (Å²) in [5.41, 5.74) is 2.23. The number of nitrogens with zero attached hydrogens (tertiary/aromatic N) is 1. The van der Waals surface area contributed by atoms with Crippen molar-refractivity contribution in [2.45, 2.75) is 37.6 Å². The molecule has 0 spiro atoms. The standard InChI is InChI=1S/C26H27NO3/c28-25-17-26(29,20-30-25)24(16-21-10-4-1-5-11-21)27(18-22-12-6-2-7-13-22)19-23-14-8-3-9-15-23/h1-15,24,29H,16-20H2/t24-,26-/m0/s1. The highest BCUT2D eigenvalue weighted by Crippen LogP contribution is 2.31. The van der Waals surface area contributed by atoms with Crippen molar-refractivity contribution >= 4 is 5.97 Å². The summed E-state index contributed by atoms with van der Waals surface area (Å²) in [6.07, 6.45) is 0.651. The second-order valence-corrected chi connectivity index (χ2v) is 8.02. The van der Waals surface area contributed by atoms with E-state index in [0.29, 0.717) is 19.5 Å². The summed E-state index contributed by atoms with van der Waals surface area (Å²) in [6, 6.07) is 30.4. The number of benzene rings is 3. The molecule has 3 aromatic carbocycles. The first kappa shape index (κ1) is 20.3. The van der Waals surface area contributed by atoms with Crippen molar-refractivity contribution in [3.05, 3.63) is 108 Å². The normalized spacial score (nSPS) is 19.6. The molecule has 0 bridgehead atoms. The van der Waals surface area contributed by atoms with Gasteiger partial charge < -0.3 is 9.84 Å². The molecule has 3 aromatic rings. The highest BCUT2D eigenvalue weighted by Gasteiger charge is 2.47.